The molecule has 0 radical (unpaired) electrons. The first-order valence-corrected chi connectivity index (χ1v) is 9.28. The van der Waals surface area contributed by atoms with Crippen LogP contribution in [0.1, 0.15) is 29.6 Å². The molecule has 0 saturated carbocycles. The number of pyridine rings is 1. The van der Waals surface area contributed by atoms with Crippen molar-refractivity contribution in [1.82, 2.24) is 10.3 Å². The van der Waals surface area contributed by atoms with E-state index in [1.807, 2.05) is 6.08 Å². The van der Waals surface area contributed by atoms with Gasteiger partial charge in [-0.2, -0.15) is 0 Å². The SMILES string of the molecule is O=C(NC1=COC=C(CC2=CC=CCC2)O1)c1ccc(-c2ccccc2F)nc1. The molecule has 0 fully saturated rings. The van der Waals surface area contributed by atoms with Crippen LogP contribution in [0.4, 0.5) is 4.39 Å². The zero-order valence-electron chi connectivity index (χ0n) is 15.6. The molecule has 2 heterocycles. The number of nitrogens with one attached hydrogen (secondary N) is 1. The van der Waals surface area contributed by atoms with Gasteiger partial charge in [0.25, 0.3) is 5.91 Å². The number of aromatic nitrogens is 1. The lowest BCUT2D eigenvalue weighted by atomic mass is 10.0. The van der Waals surface area contributed by atoms with Gasteiger partial charge in [-0.05, 0) is 37.1 Å². The number of nitrogens with zero attached hydrogens (tertiary/aromatic N) is 1. The third-order valence-corrected chi connectivity index (χ3v) is 4.53. The highest BCUT2D eigenvalue weighted by molar-refractivity contribution is 5.95. The molecule has 1 amide bonds. The van der Waals surface area contributed by atoms with Gasteiger partial charge in [0.15, 0.2) is 6.26 Å². The Bertz CT molecular complexity index is 1040. The predicted molar refractivity (Wildman–Crippen MR) is 107 cm³/mol. The van der Waals surface area contributed by atoms with E-state index in [2.05, 4.69) is 22.5 Å². The van der Waals surface area contributed by atoms with E-state index in [9.17, 15) is 9.18 Å². The highest BCUT2D eigenvalue weighted by atomic mass is 19.1. The van der Waals surface area contributed by atoms with Gasteiger partial charge < -0.3 is 9.47 Å². The normalized spacial score (nSPS) is 15.4. The van der Waals surface area contributed by atoms with E-state index >= 15 is 0 Å². The molecule has 1 aromatic carbocycles. The minimum atomic E-state index is -0.395. The molecule has 2 aliphatic rings. The van der Waals surface area contributed by atoms with Crippen LogP contribution in [0.5, 0.6) is 0 Å². The quantitative estimate of drug-likeness (QED) is 0.783. The summed E-state index contributed by atoms with van der Waals surface area (Å²) in [4.78, 5) is 16.7. The molecule has 1 aliphatic heterocycles. The van der Waals surface area contributed by atoms with Crippen LogP contribution >= 0.6 is 0 Å². The molecule has 0 bridgehead atoms. The second kappa shape index (κ2) is 8.56. The fourth-order valence-electron chi connectivity index (χ4n) is 3.06. The molecule has 29 heavy (non-hydrogen) atoms. The van der Waals surface area contributed by atoms with Gasteiger partial charge in [0.2, 0.25) is 5.88 Å². The third-order valence-electron chi connectivity index (χ3n) is 4.53. The van der Waals surface area contributed by atoms with Crippen molar-refractivity contribution in [2.75, 3.05) is 0 Å². The molecule has 4 rings (SSSR count). The van der Waals surface area contributed by atoms with Crippen LogP contribution in [-0.4, -0.2) is 10.9 Å². The maximum absolute atomic E-state index is 13.9. The molecule has 2 aromatic rings. The van der Waals surface area contributed by atoms with Crippen LogP contribution in [-0.2, 0) is 9.47 Å². The second-order valence-electron chi connectivity index (χ2n) is 6.64. The molecular formula is C23H19FN2O3. The first-order chi connectivity index (χ1) is 14.2. The van der Waals surface area contributed by atoms with Crippen molar-refractivity contribution < 1.29 is 18.7 Å². The molecule has 0 atom stereocenters. The van der Waals surface area contributed by atoms with E-state index in [1.54, 1.807) is 30.3 Å². The van der Waals surface area contributed by atoms with Gasteiger partial charge in [0, 0.05) is 18.2 Å². The van der Waals surface area contributed by atoms with Crippen molar-refractivity contribution in [1.29, 1.82) is 0 Å². The van der Waals surface area contributed by atoms with Crippen molar-refractivity contribution in [3.63, 3.8) is 0 Å². The molecule has 0 unspecified atom stereocenters. The number of halogens is 1. The fourth-order valence-corrected chi connectivity index (χ4v) is 3.06. The van der Waals surface area contributed by atoms with Gasteiger partial charge in [-0.1, -0.05) is 35.9 Å². The van der Waals surface area contributed by atoms with Gasteiger partial charge >= 0.3 is 0 Å². The summed E-state index contributed by atoms with van der Waals surface area (Å²) in [5.41, 5.74) is 2.40. The molecule has 1 aromatic heterocycles. The highest BCUT2D eigenvalue weighted by Gasteiger charge is 2.16. The summed E-state index contributed by atoms with van der Waals surface area (Å²) < 4.78 is 24.9. The zero-order chi connectivity index (χ0) is 20.1. The number of rotatable bonds is 5. The fraction of sp³-hybridized carbons (Fsp3) is 0.130. The molecule has 1 N–H and O–H groups in total. The van der Waals surface area contributed by atoms with Crippen LogP contribution in [0.25, 0.3) is 11.3 Å². The number of allylic oxidation sites excluding steroid dienone is 4. The Hall–Kier alpha value is -3.67. The Kier molecular flexibility index (Phi) is 5.52. The number of benzene rings is 1. The highest BCUT2D eigenvalue weighted by Crippen LogP contribution is 2.24. The first-order valence-electron chi connectivity index (χ1n) is 9.28. The minimum absolute atomic E-state index is 0.206. The van der Waals surface area contributed by atoms with Crippen molar-refractivity contribution in [2.24, 2.45) is 0 Å². The molecule has 1 aliphatic carbocycles. The van der Waals surface area contributed by atoms with E-state index < -0.39 is 5.91 Å². The Morgan fingerprint density at radius 1 is 1.17 bits per heavy atom. The van der Waals surface area contributed by atoms with E-state index in [-0.39, 0.29) is 11.7 Å². The average Bonchev–Trinajstić information content (AvgIpc) is 2.75. The van der Waals surface area contributed by atoms with Crippen molar-refractivity contribution >= 4 is 5.91 Å². The van der Waals surface area contributed by atoms with Crippen LogP contribution in [0.15, 0.2) is 90.6 Å². The Balaban J connectivity index is 1.38. The Morgan fingerprint density at radius 2 is 2.07 bits per heavy atom. The monoisotopic (exact) mass is 390 g/mol. The van der Waals surface area contributed by atoms with Gasteiger partial charge in [0.1, 0.15) is 17.8 Å². The van der Waals surface area contributed by atoms with Crippen molar-refractivity contribution in [2.45, 2.75) is 19.3 Å². The van der Waals surface area contributed by atoms with Gasteiger partial charge in [-0.3, -0.25) is 15.1 Å². The number of carbonyl (C=O) groups excluding carboxylic acids is 1. The van der Waals surface area contributed by atoms with Crippen LogP contribution in [0, 0.1) is 5.82 Å². The molecule has 6 heteroatoms. The number of ether oxygens (including phenoxy) is 2. The Labute approximate surface area is 167 Å². The molecule has 146 valence electrons. The van der Waals surface area contributed by atoms with E-state index in [0.29, 0.717) is 29.0 Å². The van der Waals surface area contributed by atoms with E-state index in [4.69, 9.17) is 9.47 Å². The van der Waals surface area contributed by atoms with Gasteiger partial charge in [-0.25, -0.2) is 4.39 Å². The molecule has 0 saturated heterocycles. The maximum atomic E-state index is 13.9. The lowest BCUT2D eigenvalue weighted by Gasteiger charge is -2.18. The number of carbonyl (C=O) groups is 1. The van der Waals surface area contributed by atoms with Crippen LogP contribution in [0.2, 0.25) is 0 Å². The second-order valence-corrected chi connectivity index (χ2v) is 6.64. The molecular weight excluding hydrogens is 371 g/mol. The summed E-state index contributed by atoms with van der Waals surface area (Å²) in [6.45, 7) is 0. The third kappa shape index (κ3) is 4.60. The predicted octanol–water partition coefficient (Wildman–Crippen LogP) is 4.97. The van der Waals surface area contributed by atoms with Crippen molar-refractivity contribution in [3.05, 3.63) is 102 Å². The largest absolute Gasteiger partial charge is 0.464 e. The van der Waals surface area contributed by atoms with Crippen molar-refractivity contribution in [3.8, 4) is 11.3 Å². The first kappa shape index (κ1) is 18.7. The lowest BCUT2D eigenvalue weighted by molar-refractivity contribution is 0.0922. The van der Waals surface area contributed by atoms with E-state index in [1.165, 1.54) is 30.4 Å². The smallest absolute Gasteiger partial charge is 0.259 e. The summed E-state index contributed by atoms with van der Waals surface area (Å²) in [5, 5.41) is 2.66. The van der Waals surface area contributed by atoms with Gasteiger partial charge in [0.05, 0.1) is 11.3 Å². The summed E-state index contributed by atoms with van der Waals surface area (Å²) in [6, 6.07) is 9.55. The zero-order valence-corrected chi connectivity index (χ0v) is 15.6. The Morgan fingerprint density at radius 3 is 2.83 bits per heavy atom. The number of amides is 1. The standard InChI is InChI=1S/C23H19FN2O3/c24-20-9-5-4-8-19(20)21-11-10-17(13-25-21)23(27)26-22-15-28-14-18(29-22)12-16-6-2-1-3-7-16/h1-2,4-6,8-11,13-15H,3,7,12H2,(H,26,27). The van der Waals surface area contributed by atoms with Crippen LogP contribution in [0.3, 0.4) is 0 Å². The maximum Gasteiger partial charge on any atom is 0.259 e. The summed E-state index contributed by atoms with van der Waals surface area (Å²) in [5.74, 6) is 0.0708. The topological polar surface area (TPSA) is 60.5 Å². The number of hydrogen-bond acceptors (Lipinski definition) is 4. The summed E-state index contributed by atoms with van der Waals surface area (Å²) in [6.07, 6.45) is 13.1. The van der Waals surface area contributed by atoms with Gasteiger partial charge in [-0.15, -0.1) is 0 Å². The van der Waals surface area contributed by atoms with Crippen LogP contribution < -0.4 is 5.32 Å². The summed E-state index contributed by atoms with van der Waals surface area (Å²) >= 11 is 0. The molecule has 0 spiro atoms. The number of hydrogen-bond donors (Lipinski definition) is 1. The summed E-state index contributed by atoms with van der Waals surface area (Å²) in [7, 11) is 0. The minimum Gasteiger partial charge on any atom is -0.464 e. The average molecular weight is 390 g/mol. The lowest BCUT2D eigenvalue weighted by Crippen LogP contribution is -2.25. The van der Waals surface area contributed by atoms with E-state index in [0.717, 1.165) is 12.8 Å². The molecule has 5 nitrogen and oxygen atoms in total.